The highest BCUT2D eigenvalue weighted by Crippen LogP contribution is 2.29. The van der Waals surface area contributed by atoms with E-state index in [2.05, 4.69) is 10.3 Å². The van der Waals surface area contributed by atoms with Crippen LogP contribution in [0, 0.1) is 6.92 Å². The van der Waals surface area contributed by atoms with Crippen LogP contribution < -0.4 is 11.1 Å². The number of carbonyl (C=O) groups excluding carboxylic acids is 1. The lowest BCUT2D eigenvalue weighted by atomic mass is 10.1. The van der Waals surface area contributed by atoms with Gasteiger partial charge in [-0.3, -0.25) is 9.78 Å². The molecule has 0 aliphatic heterocycles. The lowest BCUT2D eigenvalue weighted by Gasteiger charge is -2.10. The summed E-state index contributed by atoms with van der Waals surface area (Å²) in [6, 6.07) is 5.65. The highest BCUT2D eigenvalue weighted by molar-refractivity contribution is 6.05. The Balaban J connectivity index is 2.18. The number of carbonyl (C=O) groups is 1. The summed E-state index contributed by atoms with van der Waals surface area (Å²) < 4.78 is 37.3. The molecule has 0 saturated carbocycles. The van der Waals surface area contributed by atoms with Crippen molar-refractivity contribution in [3.8, 4) is 0 Å². The van der Waals surface area contributed by atoms with Crippen molar-refractivity contribution < 1.29 is 18.0 Å². The van der Waals surface area contributed by atoms with Gasteiger partial charge in [0.2, 0.25) is 0 Å². The van der Waals surface area contributed by atoms with Crippen LogP contribution in [0.3, 0.4) is 0 Å². The fourth-order valence-electron chi connectivity index (χ4n) is 1.72. The van der Waals surface area contributed by atoms with Gasteiger partial charge in [-0.1, -0.05) is 0 Å². The largest absolute Gasteiger partial charge is 0.416 e. The van der Waals surface area contributed by atoms with Crippen LogP contribution in [0.4, 0.5) is 24.5 Å². The third kappa shape index (κ3) is 3.50. The van der Waals surface area contributed by atoms with Crippen molar-refractivity contribution in [1.29, 1.82) is 0 Å². The molecule has 0 aliphatic carbocycles. The number of rotatable bonds is 2. The number of pyridine rings is 1. The van der Waals surface area contributed by atoms with Crippen molar-refractivity contribution in [2.45, 2.75) is 13.1 Å². The van der Waals surface area contributed by atoms with E-state index in [0.717, 1.165) is 12.1 Å². The first-order valence-electron chi connectivity index (χ1n) is 5.98. The van der Waals surface area contributed by atoms with E-state index >= 15 is 0 Å². The fourth-order valence-corrected chi connectivity index (χ4v) is 1.72. The Kier molecular flexibility index (Phi) is 3.84. The molecule has 1 aromatic carbocycles. The number of anilines is 2. The van der Waals surface area contributed by atoms with Crippen molar-refractivity contribution in [3.63, 3.8) is 0 Å². The van der Waals surface area contributed by atoms with Crippen molar-refractivity contribution in [2.24, 2.45) is 0 Å². The molecule has 0 fully saturated rings. The zero-order valence-corrected chi connectivity index (χ0v) is 11.0. The predicted molar refractivity (Wildman–Crippen MR) is 72.8 cm³/mol. The second kappa shape index (κ2) is 5.43. The van der Waals surface area contributed by atoms with E-state index in [0.29, 0.717) is 11.4 Å². The van der Waals surface area contributed by atoms with Gasteiger partial charge in [-0.15, -0.1) is 0 Å². The van der Waals surface area contributed by atoms with Gasteiger partial charge in [0.25, 0.3) is 5.91 Å². The molecule has 0 unspecified atom stereocenters. The van der Waals surface area contributed by atoms with Gasteiger partial charge in [-0.25, -0.2) is 0 Å². The molecule has 3 N–H and O–H groups in total. The maximum Gasteiger partial charge on any atom is 0.416 e. The summed E-state index contributed by atoms with van der Waals surface area (Å²) in [5, 5.41) is 2.50. The minimum atomic E-state index is -4.41. The standard InChI is InChI=1S/C14H12F3N3O/c1-8-12(6-10(18)7-19-8)13(21)20-11-4-2-9(3-5-11)14(15,16)17/h2-7H,18H2,1H3,(H,20,21). The normalized spacial score (nSPS) is 11.2. The zero-order chi connectivity index (χ0) is 15.6. The van der Waals surface area contributed by atoms with E-state index in [9.17, 15) is 18.0 Å². The number of nitrogen functional groups attached to an aromatic ring is 1. The molecular formula is C14H12F3N3O. The van der Waals surface area contributed by atoms with Crippen molar-refractivity contribution in [1.82, 2.24) is 4.98 Å². The SMILES string of the molecule is Cc1ncc(N)cc1C(=O)Nc1ccc(C(F)(F)F)cc1. The van der Waals surface area contributed by atoms with Crippen LogP contribution in [0.25, 0.3) is 0 Å². The Bertz CT molecular complexity index is 666. The lowest BCUT2D eigenvalue weighted by Crippen LogP contribution is -2.15. The highest BCUT2D eigenvalue weighted by Gasteiger charge is 2.30. The second-order valence-corrected chi connectivity index (χ2v) is 4.43. The molecule has 7 heteroatoms. The molecular weight excluding hydrogens is 283 g/mol. The molecule has 1 heterocycles. The number of aryl methyl sites for hydroxylation is 1. The molecule has 21 heavy (non-hydrogen) atoms. The Labute approximate surface area is 118 Å². The van der Waals surface area contributed by atoms with Crippen LogP contribution in [0.1, 0.15) is 21.6 Å². The summed E-state index contributed by atoms with van der Waals surface area (Å²) in [7, 11) is 0. The number of amides is 1. The van der Waals surface area contributed by atoms with Gasteiger partial charge in [0.05, 0.1) is 28.7 Å². The third-order valence-electron chi connectivity index (χ3n) is 2.82. The number of hydrogen-bond acceptors (Lipinski definition) is 3. The number of halogens is 3. The molecule has 0 bridgehead atoms. The van der Waals surface area contributed by atoms with Crippen LogP contribution >= 0.6 is 0 Å². The topological polar surface area (TPSA) is 68.0 Å². The summed E-state index contributed by atoms with van der Waals surface area (Å²) in [6.45, 7) is 1.64. The molecule has 4 nitrogen and oxygen atoms in total. The second-order valence-electron chi connectivity index (χ2n) is 4.43. The summed E-state index contributed by atoms with van der Waals surface area (Å²) in [5.74, 6) is -0.480. The van der Waals surface area contributed by atoms with E-state index in [1.165, 1.54) is 24.4 Å². The van der Waals surface area contributed by atoms with Crippen LogP contribution in [0.15, 0.2) is 36.5 Å². The van der Waals surface area contributed by atoms with Crippen LogP contribution in [-0.4, -0.2) is 10.9 Å². The van der Waals surface area contributed by atoms with Crippen molar-refractivity contribution >= 4 is 17.3 Å². The molecule has 1 aromatic heterocycles. The third-order valence-corrected chi connectivity index (χ3v) is 2.82. The summed E-state index contributed by atoms with van der Waals surface area (Å²) in [5.41, 5.74) is 6.13. The average molecular weight is 295 g/mol. The van der Waals surface area contributed by atoms with E-state index in [1.807, 2.05) is 0 Å². The van der Waals surface area contributed by atoms with Crippen LogP contribution in [0.5, 0.6) is 0 Å². The molecule has 110 valence electrons. The number of nitrogens with one attached hydrogen (secondary N) is 1. The monoisotopic (exact) mass is 295 g/mol. The number of nitrogens with two attached hydrogens (primary N) is 1. The summed E-state index contributed by atoms with van der Waals surface area (Å²) in [4.78, 5) is 16.0. The molecule has 1 amide bonds. The molecule has 0 aliphatic rings. The molecule has 2 rings (SSSR count). The predicted octanol–water partition coefficient (Wildman–Crippen LogP) is 3.24. The first-order valence-corrected chi connectivity index (χ1v) is 5.98. The van der Waals surface area contributed by atoms with Gasteiger partial charge < -0.3 is 11.1 Å². The molecule has 0 spiro atoms. The van der Waals surface area contributed by atoms with Gasteiger partial charge >= 0.3 is 6.18 Å². The Morgan fingerprint density at radius 2 is 1.86 bits per heavy atom. The summed E-state index contributed by atoms with van der Waals surface area (Å²) in [6.07, 6.45) is -2.98. The van der Waals surface area contributed by atoms with Gasteiger partial charge in [0.1, 0.15) is 0 Å². The Morgan fingerprint density at radius 1 is 1.24 bits per heavy atom. The average Bonchev–Trinajstić information content (AvgIpc) is 2.41. The maximum absolute atomic E-state index is 12.4. The van der Waals surface area contributed by atoms with E-state index < -0.39 is 17.6 Å². The fraction of sp³-hybridized carbons (Fsp3) is 0.143. The molecule has 0 radical (unpaired) electrons. The minimum Gasteiger partial charge on any atom is -0.397 e. The van der Waals surface area contributed by atoms with Gasteiger partial charge in [-0.05, 0) is 37.3 Å². The minimum absolute atomic E-state index is 0.259. The number of nitrogens with zero attached hydrogens (tertiary/aromatic N) is 1. The molecule has 0 saturated heterocycles. The number of aromatic nitrogens is 1. The van der Waals surface area contributed by atoms with Crippen molar-refractivity contribution in [3.05, 3.63) is 53.3 Å². The molecule has 2 aromatic rings. The van der Waals surface area contributed by atoms with Crippen molar-refractivity contribution in [2.75, 3.05) is 11.1 Å². The van der Waals surface area contributed by atoms with Gasteiger partial charge in [0.15, 0.2) is 0 Å². The zero-order valence-electron chi connectivity index (χ0n) is 11.0. The quantitative estimate of drug-likeness (QED) is 0.893. The first-order chi connectivity index (χ1) is 9.77. The number of hydrogen-bond donors (Lipinski definition) is 2. The smallest absolute Gasteiger partial charge is 0.397 e. The van der Waals surface area contributed by atoms with E-state index in [1.54, 1.807) is 6.92 Å². The number of benzene rings is 1. The van der Waals surface area contributed by atoms with E-state index in [4.69, 9.17) is 5.73 Å². The molecule has 0 atom stereocenters. The Morgan fingerprint density at radius 3 is 2.43 bits per heavy atom. The highest BCUT2D eigenvalue weighted by atomic mass is 19.4. The number of alkyl halides is 3. The summed E-state index contributed by atoms with van der Waals surface area (Å²) >= 11 is 0. The Hall–Kier alpha value is -2.57. The van der Waals surface area contributed by atoms with E-state index in [-0.39, 0.29) is 11.3 Å². The lowest BCUT2D eigenvalue weighted by molar-refractivity contribution is -0.137. The van der Waals surface area contributed by atoms with Crippen LogP contribution in [-0.2, 0) is 6.18 Å². The van der Waals surface area contributed by atoms with Gasteiger partial charge in [0, 0.05) is 5.69 Å². The van der Waals surface area contributed by atoms with Gasteiger partial charge in [-0.2, -0.15) is 13.2 Å². The van der Waals surface area contributed by atoms with Crippen LogP contribution in [0.2, 0.25) is 0 Å². The maximum atomic E-state index is 12.4. The first kappa shape index (κ1) is 14.8.